The second-order valence-electron chi connectivity index (χ2n) is 4.44. The lowest BCUT2D eigenvalue weighted by Gasteiger charge is -2.14. The van der Waals surface area contributed by atoms with Gasteiger partial charge in [0.1, 0.15) is 0 Å². The van der Waals surface area contributed by atoms with Crippen molar-refractivity contribution < 1.29 is 9.53 Å². The van der Waals surface area contributed by atoms with Gasteiger partial charge in [0.2, 0.25) is 0 Å². The Morgan fingerprint density at radius 2 is 2.17 bits per heavy atom. The highest BCUT2D eigenvalue weighted by molar-refractivity contribution is 5.95. The molecular weight excluding hydrogens is 228 g/mol. The molecule has 0 saturated carbocycles. The first-order valence-electron chi connectivity index (χ1n) is 6.16. The number of hydrogen-bond acceptors (Lipinski definition) is 3. The summed E-state index contributed by atoms with van der Waals surface area (Å²) in [6, 6.07) is 5.76. The molecule has 0 saturated heterocycles. The number of carbonyl (C=O) groups excluding carboxylic acids is 1. The Labute approximate surface area is 109 Å². The first-order chi connectivity index (χ1) is 8.58. The fourth-order valence-corrected chi connectivity index (χ4v) is 1.76. The summed E-state index contributed by atoms with van der Waals surface area (Å²) >= 11 is 0. The standard InChI is InChI=1S/C14H22N2O2/c1-10-9-12(5-6-13(10)15-3)14(17)16-11(2)7-8-18-4/h5-6,9,11,15H,7-8H2,1-4H3,(H,16,17). The molecule has 18 heavy (non-hydrogen) atoms. The van der Waals surface area contributed by atoms with Crippen LogP contribution in [-0.2, 0) is 4.74 Å². The molecule has 1 unspecified atom stereocenters. The average molecular weight is 250 g/mol. The Balaban J connectivity index is 2.64. The van der Waals surface area contributed by atoms with Crippen molar-refractivity contribution in [1.29, 1.82) is 0 Å². The summed E-state index contributed by atoms with van der Waals surface area (Å²) in [5.74, 6) is -0.0376. The molecule has 0 aliphatic carbocycles. The van der Waals surface area contributed by atoms with Crippen molar-refractivity contribution in [2.24, 2.45) is 0 Å². The molecule has 0 aliphatic rings. The maximum absolute atomic E-state index is 12.0. The predicted molar refractivity (Wildman–Crippen MR) is 74.1 cm³/mol. The van der Waals surface area contributed by atoms with Gasteiger partial charge in [-0.3, -0.25) is 4.79 Å². The molecule has 0 bridgehead atoms. The maximum atomic E-state index is 12.0. The van der Waals surface area contributed by atoms with Crippen molar-refractivity contribution in [3.8, 4) is 0 Å². The van der Waals surface area contributed by atoms with Gasteiger partial charge in [0, 0.05) is 38.1 Å². The van der Waals surface area contributed by atoms with E-state index in [0.717, 1.165) is 17.7 Å². The van der Waals surface area contributed by atoms with Crippen LogP contribution in [0.15, 0.2) is 18.2 Å². The van der Waals surface area contributed by atoms with Crippen LogP contribution in [0.25, 0.3) is 0 Å². The summed E-state index contributed by atoms with van der Waals surface area (Å²) in [5, 5.41) is 6.04. The van der Waals surface area contributed by atoms with Gasteiger partial charge in [-0.15, -0.1) is 0 Å². The molecule has 1 amide bonds. The molecule has 4 nitrogen and oxygen atoms in total. The van der Waals surface area contributed by atoms with Crippen LogP contribution in [0.1, 0.15) is 29.3 Å². The zero-order chi connectivity index (χ0) is 13.5. The zero-order valence-corrected chi connectivity index (χ0v) is 11.5. The Bertz CT molecular complexity index is 405. The molecule has 0 spiro atoms. The quantitative estimate of drug-likeness (QED) is 0.813. The number of aryl methyl sites for hydroxylation is 1. The van der Waals surface area contributed by atoms with Gasteiger partial charge in [-0.05, 0) is 44.0 Å². The second kappa shape index (κ2) is 7.01. The van der Waals surface area contributed by atoms with Gasteiger partial charge in [-0.2, -0.15) is 0 Å². The summed E-state index contributed by atoms with van der Waals surface area (Å²) in [6.07, 6.45) is 0.815. The summed E-state index contributed by atoms with van der Waals surface area (Å²) in [4.78, 5) is 12.0. The maximum Gasteiger partial charge on any atom is 0.251 e. The third-order valence-electron chi connectivity index (χ3n) is 2.89. The molecule has 0 aliphatic heterocycles. The van der Waals surface area contributed by atoms with Crippen molar-refractivity contribution in [3.05, 3.63) is 29.3 Å². The van der Waals surface area contributed by atoms with Crippen molar-refractivity contribution >= 4 is 11.6 Å². The number of amides is 1. The molecule has 0 radical (unpaired) electrons. The van der Waals surface area contributed by atoms with Crippen molar-refractivity contribution in [2.75, 3.05) is 26.1 Å². The van der Waals surface area contributed by atoms with Gasteiger partial charge in [0.25, 0.3) is 5.91 Å². The van der Waals surface area contributed by atoms with E-state index in [1.54, 1.807) is 7.11 Å². The molecule has 1 rings (SSSR count). The predicted octanol–water partition coefficient (Wildman–Crippen LogP) is 2.19. The zero-order valence-electron chi connectivity index (χ0n) is 11.5. The number of benzene rings is 1. The summed E-state index contributed by atoms with van der Waals surface area (Å²) < 4.78 is 4.99. The molecule has 0 aromatic heterocycles. The minimum Gasteiger partial charge on any atom is -0.388 e. The van der Waals surface area contributed by atoms with Gasteiger partial charge < -0.3 is 15.4 Å². The molecule has 0 heterocycles. The minimum absolute atomic E-state index is 0.0376. The second-order valence-corrected chi connectivity index (χ2v) is 4.44. The Kier molecular flexibility index (Phi) is 5.65. The fraction of sp³-hybridized carbons (Fsp3) is 0.500. The first-order valence-corrected chi connectivity index (χ1v) is 6.16. The van der Waals surface area contributed by atoms with E-state index in [4.69, 9.17) is 4.74 Å². The molecule has 1 atom stereocenters. The van der Waals surface area contributed by atoms with Crippen LogP contribution < -0.4 is 10.6 Å². The lowest BCUT2D eigenvalue weighted by Crippen LogP contribution is -2.33. The number of anilines is 1. The van der Waals surface area contributed by atoms with Crippen LogP contribution in [0.5, 0.6) is 0 Å². The molecule has 2 N–H and O–H groups in total. The molecular formula is C14H22N2O2. The third-order valence-corrected chi connectivity index (χ3v) is 2.89. The Morgan fingerprint density at radius 3 is 2.72 bits per heavy atom. The SMILES string of the molecule is CNc1ccc(C(=O)NC(C)CCOC)cc1C. The van der Waals surface area contributed by atoms with E-state index in [-0.39, 0.29) is 11.9 Å². The normalized spacial score (nSPS) is 12.0. The van der Waals surface area contributed by atoms with E-state index in [2.05, 4.69) is 10.6 Å². The van der Waals surface area contributed by atoms with Crippen LogP contribution in [0.3, 0.4) is 0 Å². The summed E-state index contributed by atoms with van der Waals surface area (Å²) in [7, 11) is 3.53. The summed E-state index contributed by atoms with van der Waals surface area (Å²) in [5.41, 5.74) is 2.80. The lowest BCUT2D eigenvalue weighted by molar-refractivity contribution is 0.0929. The average Bonchev–Trinajstić information content (AvgIpc) is 2.36. The van der Waals surface area contributed by atoms with Crippen LogP contribution in [0.4, 0.5) is 5.69 Å². The minimum atomic E-state index is -0.0376. The number of nitrogens with one attached hydrogen (secondary N) is 2. The van der Waals surface area contributed by atoms with Gasteiger partial charge in [-0.25, -0.2) is 0 Å². The van der Waals surface area contributed by atoms with Crippen LogP contribution >= 0.6 is 0 Å². The molecule has 0 fully saturated rings. The van der Waals surface area contributed by atoms with E-state index in [1.807, 2.05) is 39.1 Å². The van der Waals surface area contributed by atoms with E-state index in [1.165, 1.54) is 0 Å². The highest BCUT2D eigenvalue weighted by atomic mass is 16.5. The first kappa shape index (κ1) is 14.5. The molecule has 100 valence electrons. The number of carbonyl (C=O) groups is 1. The van der Waals surface area contributed by atoms with E-state index in [9.17, 15) is 4.79 Å². The monoisotopic (exact) mass is 250 g/mol. The van der Waals surface area contributed by atoms with Gasteiger partial charge in [0.15, 0.2) is 0 Å². The van der Waals surface area contributed by atoms with Gasteiger partial charge >= 0.3 is 0 Å². The molecule has 1 aromatic rings. The number of hydrogen-bond donors (Lipinski definition) is 2. The molecule has 4 heteroatoms. The van der Waals surface area contributed by atoms with E-state index >= 15 is 0 Å². The highest BCUT2D eigenvalue weighted by Crippen LogP contribution is 2.15. The topological polar surface area (TPSA) is 50.4 Å². The summed E-state index contributed by atoms with van der Waals surface area (Å²) in [6.45, 7) is 4.61. The number of ether oxygens (including phenoxy) is 1. The molecule has 1 aromatic carbocycles. The number of methoxy groups -OCH3 is 1. The van der Waals surface area contributed by atoms with E-state index in [0.29, 0.717) is 12.2 Å². The smallest absolute Gasteiger partial charge is 0.251 e. The van der Waals surface area contributed by atoms with Crippen molar-refractivity contribution in [3.63, 3.8) is 0 Å². The highest BCUT2D eigenvalue weighted by Gasteiger charge is 2.10. The lowest BCUT2D eigenvalue weighted by atomic mass is 10.1. The number of rotatable bonds is 6. The van der Waals surface area contributed by atoms with Gasteiger partial charge in [-0.1, -0.05) is 0 Å². The van der Waals surface area contributed by atoms with Crippen LogP contribution in [0.2, 0.25) is 0 Å². The Morgan fingerprint density at radius 1 is 1.44 bits per heavy atom. The van der Waals surface area contributed by atoms with Crippen molar-refractivity contribution in [2.45, 2.75) is 26.3 Å². The van der Waals surface area contributed by atoms with Crippen LogP contribution in [-0.4, -0.2) is 32.7 Å². The Hall–Kier alpha value is -1.55. The fourth-order valence-electron chi connectivity index (χ4n) is 1.76. The third kappa shape index (κ3) is 4.04. The van der Waals surface area contributed by atoms with Crippen molar-refractivity contribution in [1.82, 2.24) is 5.32 Å². The van der Waals surface area contributed by atoms with Crippen LogP contribution in [0, 0.1) is 6.92 Å². The largest absolute Gasteiger partial charge is 0.388 e. The van der Waals surface area contributed by atoms with E-state index < -0.39 is 0 Å². The van der Waals surface area contributed by atoms with Gasteiger partial charge in [0.05, 0.1) is 0 Å².